The Bertz CT molecular complexity index is 735. The summed E-state index contributed by atoms with van der Waals surface area (Å²) in [5.74, 6) is -0.518. The Morgan fingerprint density at radius 3 is 2.38 bits per heavy atom. The SMILES string of the molecule is CC(=O)N(CC(=O)Nc1cccc(Cl)c1Cl)C(C)c1ccccc1. The molecule has 0 heterocycles. The number of carbonyl (C=O) groups excluding carboxylic acids is 2. The quantitative estimate of drug-likeness (QED) is 0.846. The van der Waals surface area contributed by atoms with Crippen LogP contribution in [0.4, 0.5) is 5.69 Å². The molecular weight excluding hydrogens is 347 g/mol. The number of amides is 2. The molecule has 4 nitrogen and oxygen atoms in total. The molecule has 1 atom stereocenters. The molecule has 0 fully saturated rings. The van der Waals surface area contributed by atoms with Crippen LogP contribution in [0.15, 0.2) is 48.5 Å². The summed E-state index contributed by atoms with van der Waals surface area (Å²) in [6.07, 6.45) is 0. The van der Waals surface area contributed by atoms with Gasteiger partial charge >= 0.3 is 0 Å². The minimum atomic E-state index is -0.336. The maximum absolute atomic E-state index is 12.3. The van der Waals surface area contributed by atoms with Crippen LogP contribution in [0, 0.1) is 0 Å². The van der Waals surface area contributed by atoms with Crippen LogP contribution in [0.3, 0.4) is 0 Å². The van der Waals surface area contributed by atoms with Gasteiger partial charge in [0.05, 0.1) is 21.8 Å². The fourth-order valence-electron chi connectivity index (χ4n) is 2.38. The second-order valence-electron chi connectivity index (χ2n) is 5.38. The van der Waals surface area contributed by atoms with Crippen molar-refractivity contribution >= 4 is 40.7 Å². The van der Waals surface area contributed by atoms with Gasteiger partial charge in [-0.3, -0.25) is 9.59 Å². The highest BCUT2D eigenvalue weighted by Gasteiger charge is 2.21. The zero-order chi connectivity index (χ0) is 17.7. The fraction of sp³-hybridized carbons (Fsp3) is 0.222. The van der Waals surface area contributed by atoms with Crippen molar-refractivity contribution in [1.82, 2.24) is 4.90 Å². The zero-order valence-corrected chi connectivity index (χ0v) is 14.9. The molecule has 0 aliphatic heterocycles. The number of carbonyl (C=O) groups is 2. The van der Waals surface area contributed by atoms with E-state index in [0.717, 1.165) is 5.56 Å². The van der Waals surface area contributed by atoms with Gasteiger partial charge in [0.2, 0.25) is 11.8 Å². The molecule has 6 heteroatoms. The van der Waals surface area contributed by atoms with Crippen LogP contribution in [-0.4, -0.2) is 23.3 Å². The predicted molar refractivity (Wildman–Crippen MR) is 97.3 cm³/mol. The third-order valence-electron chi connectivity index (χ3n) is 3.69. The van der Waals surface area contributed by atoms with Crippen LogP contribution in [0.1, 0.15) is 25.5 Å². The van der Waals surface area contributed by atoms with E-state index in [9.17, 15) is 9.59 Å². The largest absolute Gasteiger partial charge is 0.327 e. The second kappa shape index (κ2) is 8.18. The Balaban J connectivity index is 2.12. The second-order valence-corrected chi connectivity index (χ2v) is 6.17. The first-order chi connectivity index (χ1) is 11.4. The number of anilines is 1. The molecule has 2 rings (SSSR count). The van der Waals surface area contributed by atoms with E-state index in [-0.39, 0.29) is 29.4 Å². The lowest BCUT2D eigenvalue weighted by atomic mass is 10.1. The predicted octanol–water partition coefficient (Wildman–Crippen LogP) is 4.54. The monoisotopic (exact) mass is 364 g/mol. The molecule has 0 spiro atoms. The lowest BCUT2D eigenvalue weighted by Gasteiger charge is -2.28. The van der Waals surface area contributed by atoms with Gasteiger partial charge in [0, 0.05) is 6.92 Å². The van der Waals surface area contributed by atoms with Crippen molar-refractivity contribution < 1.29 is 9.59 Å². The first-order valence-electron chi connectivity index (χ1n) is 7.46. The van der Waals surface area contributed by atoms with Gasteiger partial charge in [-0.05, 0) is 24.6 Å². The maximum atomic E-state index is 12.3. The number of nitrogens with one attached hydrogen (secondary N) is 1. The highest BCUT2D eigenvalue weighted by atomic mass is 35.5. The van der Waals surface area contributed by atoms with Crippen LogP contribution in [0.25, 0.3) is 0 Å². The summed E-state index contributed by atoms with van der Waals surface area (Å²) < 4.78 is 0. The van der Waals surface area contributed by atoms with Crippen molar-refractivity contribution in [1.29, 1.82) is 0 Å². The molecule has 2 amide bonds. The van der Waals surface area contributed by atoms with Crippen molar-refractivity contribution in [2.75, 3.05) is 11.9 Å². The van der Waals surface area contributed by atoms with Gasteiger partial charge in [-0.2, -0.15) is 0 Å². The molecule has 1 unspecified atom stereocenters. The summed E-state index contributed by atoms with van der Waals surface area (Å²) in [5.41, 5.74) is 1.38. The normalized spacial score (nSPS) is 11.7. The number of benzene rings is 2. The molecular formula is C18H18Cl2N2O2. The van der Waals surface area contributed by atoms with E-state index in [1.165, 1.54) is 11.8 Å². The standard InChI is InChI=1S/C18H18Cl2N2O2/c1-12(14-7-4-3-5-8-14)22(13(2)23)11-17(24)21-16-10-6-9-15(19)18(16)20/h3-10,12H,11H2,1-2H3,(H,21,24). The van der Waals surface area contributed by atoms with E-state index >= 15 is 0 Å². The maximum Gasteiger partial charge on any atom is 0.244 e. The number of hydrogen-bond acceptors (Lipinski definition) is 2. The van der Waals surface area contributed by atoms with E-state index in [2.05, 4.69) is 5.32 Å². The van der Waals surface area contributed by atoms with E-state index in [0.29, 0.717) is 10.7 Å². The Morgan fingerprint density at radius 2 is 1.75 bits per heavy atom. The van der Waals surface area contributed by atoms with Gasteiger partial charge in [0.1, 0.15) is 6.54 Å². The van der Waals surface area contributed by atoms with Gasteiger partial charge < -0.3 is 10.2 Å². The van der Waals surface area contributed by atoms with Gasteiger partial charge in [-0.25, -0.2) is 0 Å². The smallest absolute Gasteiger partial charge is 0.244 e. The van der Waals surface area contributed by atoms with Crippen molar-refractivity contribution in [2.45, 2.75) is 19.9 Å². The number of hydrogen-bond donors (Lipinski definition) is 1. The highest BCUT2D eigenvalue weighted by Crippen LogP contribution is 2.29. The van der Waals surface area contributed by atoms with Gasteiger partial charge in [0.15, 0.2) is 0 Å². The van der Waals surface area contributed by atoms with Crippen LogP contribution >= 0.6 is 23.2 Å². The first kappa shape index (κ1) is 18.3. The molecule has 0 saturated carbocycles. The van der Waals surface area contributed by atoms with E-state index < -0.39 is 0 Å². The summed E-state index contributed by atoms with van der Waals surface area (Å²) >= 11 is 12.0. The molecule has 0 aliphatic carbocycles. The summed E-state index contributed by atoms with van der Waals surface area (Å²) in [6, 6.07) is 14.3. The first-order valence-corrected chi connectivity index (χ1v) is 8.21. The Hall–Kier alpha value is -2.04. The molecule has 126 valence electrons. The zero-order valence-electron chi connectivity index (χ0n) is 13.4. The minimum absolute atomic E-state index is 0.0752. The molecule has 24 heavy (non-hydrogen) atoms. The summed E-state index contributed by atoms with van der Waals surface area (Å²) in [4.78, 5) is 25.8. The van der Waals surface area contributed by atoms with Crippen LogP contribution in [0.5, 0.6) is 0 Å². The molecule has 0 bridgehead atoms. The average Bonchev–Trinajstić information content (AvgIpc) is 2.57. The summed E-state index contributed by atoms with van der Waals surface area (Å²) in [5, 5.41) is 3.33. The third kappa shape index (κ3) is 4.49. The number of nitrogens with zero attached hydrogens (tertiary/aromatic N) is 1. The molecule has 2 aromatic rings. The lowest BCUT2D eigenvalue weighted by molar-refractivity contribution is -0.134. The number of rotatable bonds is 5. The number of halogens is 2. The third-order valence-corrected chi connectivity index (χ3v) is 4.51. The van der Waals surface area contributed by atoms with Crippen LogP contribution in [0.2, 0.25) is 10.0 Å². The van der Waals surface area contributed by atoms with E-state index in [1.807, 2.05) is 37.3 Å². The van der Waals surface area contributed by atoms with Crippen LogP contribution < -0.4 is 5.32 Å². The van der Waals surface area contributed by atoms with E-state index in [1.54, 1.807) is 18.2 Å². The Morgan fingerprint density at radius 1 is 1.08 bits per heavy atom. The summed E-state index contributed by atoms with van der Waals surface area (Å²) in [7, 11) is 0. The Labute approximate surface area is 151 Å². The van der Waals surface area contributed by atoms with Crippen molar-refractivity contribution in [3.63, 3.8) is 0 Å². The molecule has 2 aromatic carbocycles. The minimum Gasteiger partial charge on any atom is -0.327 e. The van der Waals surface area contributed by atoms with Gasteiger partial charge in [-0.15, -0.1) is 0 Å². The topological polar surface area (TPSA) is 49.4 Å². The molecule has 0 aliphatic rings. The molecule has 0 aromatic heterocycles. The Kier molecular flexibility index (Phi) is 6.23. The molecule has 0 saturated heterocycles. The van der Waals surface area contributed by atoms with Crippen molar-refractivity contribution in [3.8, 4) is 0 Å². The summed E-state index contributed by atoms with van der Waals surface area (Å²) in [6.45, 7) is 3.25. The lowest BCUT2D eigenvalue weighted by Crippen LogP contribution is -2.38. The van der Waals surface area contributed by atoms with Crippen molar-refractivity contribution in [2.24, 2.45) is 0 Å². The average molecular weight is 365 g/mol. The van der Waals surface area contributed by atoms with Gasteiger partial charge in [-0.1, -0.05) is 59.6 Å². The molecule has 0 radical (unpaired) electrons. The fourth-order valence-corrected chi connectivity index (χ4v) is 2.73. The van der Waals surface area contributed by atoms with Crippen LogP contribution in [-0.2, 0) is 9.59 Å². The highest BCUT2D eigenvalue weighted by molar-refractivity contribution is 6.44. The van der Waals surface area contributed by atoms with Crippen molar-refractivity contribution in [3.05, 3.63) is 64.1 Å². The molecule has 1 N–H and O–H groups in total. The van der Waals surface area contributed by atoms with E-state index in [4.69, 9.17) is 23.2 Å². The van der Waals surface area contributed by atoms with Gasteiger partial charge in [0.25, 0.3) is 0 Å².